The molecule has 20 heavy (non-hydrogen) atoms. The minimum Gasteiger partial charge on any atom is -0.343 e. The lowest BCUT2D eigenvalue weighted by Crippen LogP contribution is -2.33. The first kappa shape index (κ1) is 17.0. The maximum atomic E-state index is 12.4. The van der Waals surface area contributed by atoms with Crippen molar-refractivity contribution in [3.8, 4) is 0 Å². The Labute approximate surface area is 125 Å². The topological polar surface area (TPSA) is 20.3 Å². The Morgan fingerprint density at radius 2 is 1.85 bits per heavy atom. The third kappa shape index (κ3) is 5.15. The van der Waals surface area contributed by atoms with Gasteiger partial charge in [-0.2, -0.15) is 13.2 Å². The minimum atomic E-state index is -4.34. The first-order valence-corrected chi connectivity index (χ1v) is 7.50. The summed E-state index contributed by atoms with van der Waals surface area (Å²) >= 11 is 3.31. The number of likely N-dealkylation sites (N-methyl/N-ethyl adjacent to an activating group) is 1. The number of halogens is 4. The SMILES string of the molecule is CCN(CCCBr)C(=O)Cc1ccc(C(F)(F)F)cc1. The summed E-state index contributed by atoms with van der Waals surface area (Å²) < 4.78 is 37.3. The minimum absolute atomic E-state index is 0.0618. The zero-order valence-corrected chi connectivity index (χ0v) is 12.8. The Morgan fingerprint density at radius 3 is 2.30 bits per heavy atom. The molecular formula is C14H17BrF3NO. The lowest BCUT2D eigenvalue weighted by molar-refractivity contribution is -0.137. The third-order valence-corrected chi connectivity index (χ3v) is 3.49. The van der Waals surface area contributed by atoms with E-state index in [1.54, 1.807) is 4.90 Å². The van der Waals surface area contributed by atoms with Gasteiger partial charge in [-0.3, -0.25) is 4.79 Å². The van der Waals surface area contributed by atoms with E-state index in [0.717, 1.165) is 23.9 Å². The first-order chi connectivity index (χ1) is 9.38. The van der Waals surface area contributed by atoms with E-state index in [1.165, 1.54) is 12.1 Å². The van der Waals surface area contributed by atoms with Crippen molar-refractivity contribution in [2.45, 2.75) is 25.9 Å². The summed E-state index contributed by atoms with van der Waals surface area (Å²) in [6.45, 7) is 3.15. The summed E-state index contributed by atoms with van der Waals surface area (Å²) in [5.41, 5.74) is -0.0966. The van der Waals surface area contributed by atoms with Crippen LogP contribution in [0.5, 0.6) is 0 Å². The lowest BCUT2D eigenvalue weighted by Gasteiger charge is -2.20. The van der Waals surface area contributed by atoms with Crippen LogP contribution in [-0.2, 0) is 17.4 Å². The highest BCUT2D eigenvalue weighted by atomic mass is 79.9. The van der Waals surface area contributed by atoms with Crippen molar-refractivity contribution < 1.29 is 18.0 Å². The van der Waals surface area contributed by atoms with Crippen LogP contribution in [0.15, 0.2) is 24.3 Å². The van der Waals surface area contributed by atoms with E-state index in [-0.39, 0.29) is 12.3 Å². The Bertz CT molecular complexity index is 431. The fourth-order valence-corrected chi connectivity index (χ4v) is 2.06. The molecule has 0 spiro atoms. The van der Waals surface area contributed by atoms with E-state index < -0.39 is 11.7 Å². The fourth-order valence-electron chi connectivity index (χ4n) is 1.81. The quantitative estimate of drug-likeness (QED) is 0.712. The Hall–Kier alpha value is -1.04. The molecule has 0 saturated heterocycles. The Morgan fingerprint density at radius 1 is 1.25 bits per heavy atom. The van der Waals surface area contributed by atoms with Crippen LogP contribution in [0.1, 0.15) is 24.5 Å². The molecule has 1 rings (SSSR count). The standard InChI is InChI=1S/C14H17BrF3NO/c1-2-19(9-3-8-15)13(20)10-11-4-6-12(7-5-11)14(16,17)18/h4-7H,2-3,8-10H2,1H3. The van der Waals surface area contributed by atoms with E-state index in [2.05, 4.69) is 15.9 Å². The van der Waals surface area contributed by atoms with Crippen LogP contribution in [0.25, 0.3) is 0 Å². The molecule has 0 fully saturated rings. The number of benzene rings is 1. The van der Waals surface area contributed by atoms with Gasteiger partial charge in [-0.15, -0.1) is 0 Å². The van der Waals surface area contributed by atoms with Gasteiger partial charge in [-0.25, -0.2) is 0 Å². The van der Waals surface area contributed by atoms with Gasteiger partial charge in [-0.1, -0.05) is 28.1 Å². The molecule has 1 amide bonds. The molecule has 0 atom stereocenters. The maximum absolute atomic E-state index is 12.4. The van der Waals surface area contributed by atoms with Gasteiger partial charge in [0, 0.05) is 18.4 Å². The van der Waals surface area contributed by atoms with E-state index in [1.807, 2.05) is 6.92 Å². The van der Waals surface area contributed by atoms with Crippen LogP contribution in [0.2, 0.25) is 0 Å². The van der Waals surface area contributed by atoms with Crippen molar-refractivity contribution in [3.05, 3.63) is 35.4 Å². The molecule has 0 radical (unpaired) electrons. The Kier molecular flexibility index (Phi) is 6.52. The molecule has 0 aliphatic rings. The van der Waals surface area contributed by atoms with Gasteiger partial charge < -0.3 is 4.90 Å². The zero-order chi connectivity index (χ0) is 15.2. The van der Waals surface area contributed by atoms with Crippen LogP contribution < -0.4 is 0 Å². The van der Waals surface area contributed by atoms with Gasteiger partial charge in [-0.05, 0) is 31.0 Å². The van der Waals surface area contributed by atoms with Crippen LogP contribution in [0.4, 0.5) is 13.2 Å². The van der Waals surface area contributed by atoms with Gasteiger partial charge in [0.25, 0.3) is 0 Å². The summed E-state index contributed by atoms with van der Waals surface area (Å²) in [7, 11) is 0. The summed E-state index contributed by atoms with van der Waals surface area (Å²) in [4.78, 5) is 13.7. The van der Waals surface area contributed by atoms with Crippen molar-refractivity contribution in [1.29, 1.82) is 0 Å². The van der Waals surface area contributed by atoms with Crippen LogP contribution in [0, 0.1) is 0 Å². The summed E-state index contributed by atoms with van der Waals surface area (Å²) in [6.07, 6.45) is -3.35. The number of hydrogen-bond donors (Lipinski definition) is 0. The van der Waals surface area contributed by atoms with Crippen LogP contribution >= 0.6 is 15.9 Å². The predicted molar refractivity (Wildman–Crippen MR) is 75.8 cm³/mol. The molecule has 1 aromatic rings. The molecule has 0 heterocycles. The number of amides is 1. The lowest BCUT2D eigenvalue weighted by atomic mass is 10.1. The zero-order valence-electron chi connectivity index (χ0n) is 11.2. The van der Waals surface area contributed by atoms with Crippen molar-refractivity contribution in [3.63, 3.8) is 0 Å². The molecule has 0 saturated carbocycles. The van der Waals surface area contributed by atoms with E-state index in [0.29, 0.717) is 18.7 Å². The summed E-state index contributed by atoms with van der Waals surface area (Å²) in [6, 6.07) is 4.74. The second kappa shape index (κ2) is 7.67. The largest absolute Gasteiger partial charge is 0.416 e. The van der Waals surface area contributed by atoms with E-state index in [4.69, 9.17) is 0 Å². The third-order valence-electron chi connectivity index (χ3n) is 2.93. The highest BCUT2D eigenvalue weighted by molar-refractivity contribution is 9.09. The second-order valence-corrected chi connectivity index (χ2v) is 5.18. The van der Waals surface area contributed by atoms with Crippen molar-refractivity contribution in [1.82, 2.24) is 4.90 Å². The molecule has 112 valence electrons. The number of rotatable bonds is 6. The molecule has 0 N–H and O–H groups in total. The highest BCUT2D eigenvalue weighted by Crippen LogP contribution is 2.29. The van der Waals surface area contributed by atoms with Crippen molar-refractivity contribution >= 4 is 21.8 Å². The van der Waals surface area contributed by atoms with E-state index >= 15 is 0 Å². The second-order valence-electron chi connectivity index (χ2n) is 4.39. The predicted octanol–water partition coefficient (Wildman–Crippen LogP) is 3.88. The van der Waals surface area contributed by atoms with Gasteiger partial charge >= 0.3 is 6.18 Å². The number of hydrogen-bond acceptors (Lipinski definition) is 1. The maximum Gasteiger partial charge on any atom is 0.416 e. The molecular weight excluding hydrogens is 335 g/mol. The van der Waals surface area contributed by atoms with Crippen molar-refractivity contribution in [2.75, 3.05) is 18.4 Å². The van der Waals surface area contributed by atoms with Crippen molar-refractivity contribution in [2.24, 2.45) is 0 Å². The molecule has 0 aromatic heterocycles. The van der Waals surface area contributed by atoms with Gasteiger partial charge in [0.2, 0.25) is 5.91 Å². The monoisotopic (exact) mass is 351 g/mol. The first-order valence-electron chi connectivity index (χ1n) is 6.38. The Balaban J connectivity index is 2.66. The molecule has 2 nitrogen and oxygen atoms in total. The molecule has 1 aromatic carbocycles. The van der Waals surface area contributed by atoms with Crippen LogP contribution in [-0.4, -0.2) is 29.2 Å². The molecule has 0 aliphatic carbocycles. The average molecular weight is 352 g/mol. The molecule has 0 unspecified atom stereocenters. The van der Waals surface area contributed by atoms with Gasteiger partial charge in [0.15, 0.2) is 0 Å². The van der Waals surface area contributed by atoms with Crippen LogP contribution in [0.3, 0.4) is 0 Å². The van der Waals surface area contributed by atoms with E-state index in [9.17, 15) is 18.0 Å². The number of carbonyl (C=O) groups is 1. The summed E-state index contributed by atoms with van der Waals surface area (Å²) in [5, 5.41) is 0.817. The summed E-state index contributed by atoms with van der Waals surface area (Å²) in [5.74, 6) is -0.0618. The number of nitrogens with zero attached hydrogens (tertiary/aromatic N) is 1. The normalized spacial score (nSPS) is 11.4. The molecule has 0 aliphatic heterocycles. The van der Waals surface area contributed by atoms with Gasteiger partial charge in [0.05, 0.1) is 12.0 Å². The molecule has 6 heteroatoms. The number of alkyl halides is 4. The number of carbonyl (C=O) groups excluding carboxylic acids is 1. The average Bonchev–Trinajstić information content (AvgIpc) is 2.39. The smallest absolute Gasteiger partial charge is 0.343 e. The highest BCUT2D eigenvalue weighted by Gasteiger charge is 2.30. The fraction of sp³-hybridized carbons (Fsp3) is 0.500. The molecule has 0 bridgehead atoms. The van der Waals surface area contributed by atoms with Gasteiger partial charge in [0.1, 0.15) is 0 Å².